The van der Waals surface area contributed by atoms with E-state index in [1.807, 2.05) is 48.8 Å². The van der Waals surface area contributed by atoms with E-state index in [1.54, 1.807) is 4.57 Å². The van der Waals surface area contributed by atoms with Gasteiger partial charge in [0.1, 0.15) is 0 Å². The summed E-state index contributed by atoms with van der Waals surface area (Å²) in [6.45, 7) is 0. The highest BCUT2D eigenvalue weighted by atomic mass is 79.9. The van der Waals surface area contributed by atoms with Crippen LogP contribution in [0.1, 0.15) is 11.8 Å². The van der Waals surface area contributed by atoms with Gasteiger partial charge in [0.25, 0.3) is 0 Å². The van der Waals surface area contributed by atoms with Crippen LogP contribution in [0.4, 0.5) is 0 Å². The number of rotatable bonds is 2. The Hall–Kier alpha value is -1.06. The summed E-state index contributed by atoms with van der Waals surface area (Å²) in [5, 5.41) is 9.95. The molecule has 1 unspecified atom stereocenters. The van der Waals surface area contributed by atoms with Gasteiger partial charge >= 0.3 is 0 Å². The molecule has 0 spiro atoms. The van der Waals surface area contributed by atoms with Crippen molar-refractivity contribution in [1.82, 2.24) is 4.57 Å². The minimum absolute atomic E-state index is 0.609. The lowest BCUT2D eigenvalue weighted by Gasteiger charge is -2.12. The first-order chi connectivity index (χ1) is 6.77. The fourth-order valence-electron chi connectivity index (χ4n) is 1.35. The highest BCUT2D eigenvalue weighted by Crippen LogP contribution is 2.19. The zero-order chi connectivity index (χ0) is 9.97. The summed E-state index contributed by atoms with van der Waals surface area (Å²) in [5.41, 5.74) is 0.871. The van der Waals surface area contributed by atoms with Crippen LogP contribution in [0.5, 0.6) is 0 Å². The van der Waals surface area contributed by atoms with Crippen molar-refractivity contribution in [1.29, 1.82) is 0 Å². The zero-order valence-electron chi connectivity index (χ0n) is 7.47. The molecule has 3 heteroatoms. The van der Waals surface area contributed by atoms with Gasteiger partial charge in [-0.1, -0.05) is 28.1 Å². The molecule has 14 heavy (non-hydrogen) atoms. The number of aliphatic hydroxyl groups excluding tert-OH is 1. The van der Waals surface area contributed by atoms with Crippen LogP contribution >= 0.6 is 15.9 Å². The SMILES string of the molecule is OC(c1cccc(Br)c1)n1cccc1. The number of hydrogen-bond donors (Lipinski definition) is 1. The van der Waals surface area contributed by atoms with Gasteiger partial charge in [0.2, 0.25) is 0 Å². The Morgan fingerprint density at radius 2 is 1.86 bits per heavy atom. The predicted octanol–water partition coefficient (Wildman–Crippen LogP) is 2.79. The first-order valence-corrected chi connectivity index (χ1v) is 5.12. The van der Waals surface area contributed by atoms with E-state index in [0.717, 1.165) is 10.0 Å². The highest BCUT2D eigenvalue weighted by molar-refractivity contribution is 9.10. The molecule has 2 rings (SSSR count). The van der Waals surface area contributed by atoms with Gasteiger partial charge in [0.05, 0.1) is 0 Å². The van der Waals surface area contributed by atoms with Gasteiger partial charge in [-0.2, -0.15) is 0 Å². The monoisotopic (exact) mass is 251 g/mol. The van der Waals surface area contributed by atoms with Gasteiger partial charge in [-0.15, -0.1) is 0 Å². The van der Waals surface area contributed by atoms with Crippen molar-refractivity contribution in [2.24, 2.45) is 0 Å². The molecule has 0 bridgehead atoms. The van der Waals surface area contributed by atoms with E-state index >= 15 is 0 Å². The van der Waals surface area contributed by atoms with Gasteiger partial charge in [-0.3, -0.25) is 0 Å². The zero-order valence-corrected chi connectivity index (χ0v) is 9.05. The first kappa shape index (κ1) is 9.49. The third kappa shape index (κ3) is 1.89. The smallest absolute Gasteiger partial charge is 0.156 e. The second kappa shape index (κ2) is 3.98. The molecule has 1 heterocycles. The fraction of sp³-hybridized carbons (Fsp3) is 0.0909. The van der Waals surface area contributed by atoms with Crippen molar-refractivity contribution in [3.8, 4) is 0 Å². The van der Waals surface area contributed by atoms with Crippen LogP contribution in [0, 0.1) is 0 Å². The molecule has 0 fully saturated rings. The summed E-state index contributed by atoms with van der Waals surface area (Å²) in [7, 11) is 0. The number of nitrogens with zero attached hydrogens (tertiary/aromatic N) is 1. The molecular formula is C11H10BrNO. The van der Waals surface area contributed by atoms with Crippen molar-refractivity contribution >= 4 is 15.9 Å². The Kier molecular flexibility index (Phi) is 2.70. The molecule has 0 aliphatic rings. The molecule has 0 saturated heterocycles. The predicted molar refractivity (Wildman–Crippen MR) is 58.9 cm³/mol. The first-order valence-electron chi connectivity index (χ1n) is 4.33. The second-order valence-electron chi connectivity index (χ2n) is 3.06. The molecule has 1 atom stereocenters. The molecule has 0 aliphatic heterocycles. The maximum atomic E-state index is 9.95. The lowest BCUT2D eigenvalue weighted by atomic mass is 10.2. The van der Waals surface area contributed by atoms with Crippen molar-refractivity contribution < 1.29 is 5.11 Å². The fourth-order valence-corrected chi connectivity index (χ4v) is 1.77. The van der Waals surface area contributed by atoms with Gasteiger partial charge in [0, 0.05) is 22.4 Å². The van der Waals surface area contributed by atoms with E-state index < -0.39 is 6.23 Å². The Morgan fingerprint density at radius 3 is 2.50 bits per heavy atom. The molecule has 1 aromatic heterocycles. The quantitative estimate of drug-likeness (QED) is 0.873. The Balaban J connectivity index is 2.32. The largest absolute Gasteiger partial charge is 0.369 e. The molecule has 1 aromatic carbocycles. The van der Waals surface area contributed by atoms with Gasteiger partial charge in [-0.25, -0.2) is 0 Å². The normalized spacial score (nSPS) is 12.7. The summed E-state index contributed by atoms with van der Waals surface area (Å²) >= 11 is 3.37. The summed E-state index contributed by atoms with van der Waals surface area (Å²) in [5.74, 6) is 0. The third-order valence-electron chi connectivity index (χ3n) is 2.06. The Morgan fingerprint density at radius 1 is 1.14 bits per heavy atom. The van der Waals surface area contributed by atoms with Crippen molar-refractivity contribution in [3.05, 3.63) is 58.8 Å². The Bertz CT molecular complexity index is 411. The van der Waals surface area contributed by atoms with Crippen molar-refractivity contribution in [2.75, 3.05) is 0 Å². The van der Waals surface area contributed by atoms with E-state index in [4.69, 9.17) is 0 Å². The van der Waals surface area contributed by atoms with Gasteiger partial charge < -0.3 is 9.67 Å². The van der Waals surface area contributed by atoms with Gasteiger partial charge in [0.15, 0.2) is 6.23 Å². The number of benzene rings is 1. The standard InChI is InChI=1S/C11H10BrNO/c12-10-5-3-4-9(8-10)11(14)13-6-1-2-7-13/h1-8,11,14H. The van der Waals surface area contributed by atoms with Crippen molar-refractivity contribution in [3.63, 3.8) is 0 Å². The highest BCUT2D eigenvalue weighted by Gasteiger charge is 2.07. The van der Waals surface area contributed by atoms with Gasteiger partial charge in [-0.05, 0) is 24.3 Å². The van der Waals surface area contributed by atoms with Crippen LogP contribution in [0.2, 0.25) is 0 Å². The molecule has 0 radical (unpaired) electrons. The molecule has 0 aliphatic carbocycles. The van der Waals surface area contributed by atoms with Crippen LogP contribution in [0.25, 0.3) is 0 Å². The molecule has 0 amide bonds. The average Bonchev–Trinajstić information content (AvgIpc) is 2.69. The topological polar surface area (TPSA) is 25.2 Å². The van der Waals surface area contributed by atoms with E-state index in [9.17, 15) is 5.11 Å². The summed E-state index contributed by atoms with van der Waals surface area (Å²) in [4.78, 5) is 0. The lowest BCUT2D eigenvalue weighted by molar-refractivity contribution is 0.146. The molecule has 72 valence electrons. The molecule has 2 aromatic rings. The van der Waals surface area contributed by atoms with Crippen molar-refractivity contribution in [2.45, 2.75) is 6.23 Å². The molecule has 2 nitrogen and oxygen atoms in total. The summed E-state index contributed by atoms with van der Waals surface area (Å²) in [6, 6.07) is 11.4. The molecule has 1 N–H and O–H groups in total. The van der Waals surface area contributed by atoms with E-state index in [-0.39, 0.29) is 0 Å². The number of aromatic nitrogens is 1. The maximum absolute atomic E-state index is 9.95. The maximum Gasteiger partial charge on any atom is 0.156 e. The summed E-state index contributed by atoms with van der Waals surface area (Å²) < 4.78 is 2.73. The van der Waals surface area contributed by atoms with Crippen LogP contribution < -0.4 is 0 Å². The average molecular weight is 252 g/mol. The van der Waals surface area contributed by atoms with Crippen LogP contribution in [-0.4, -0.2) is 9.67 Å². The number of halogens is 1. The number of hydrogen-bond acceptors (Lipinski definition) is 1. The minimum Gasteiger partial charge on any atom is -0.369 e. The van der Waals surface area contributed by atoms with Crippen LogP contribution in [0.3, 0.4) is 0 Å². The number of aliphatic hydroxyl groups is 1. The lowest BCUT2D eigenvalue weighted by Crippen LogP contribution is -2.06. The summed E-state index contributed by atoms with van der Waals surface area (Å²) in [6.07, 6.45) is 3.07. The molecular weight excluding hydrogens is 242 g/mol. The van der Waals surface area contributed by atoms with Crippen LogP contribution in [0.15, 0.2) is 53.3 Å². The van der Waals surface area contributed by atoms with E-state index in [1.165, 1.54) is 0 Å². The molecule has 0 saturated carbocycles. The minimum atomic E-state index is -0.609. The third-order valence-corrected chi connectivity index (χ3v) is 2.55. The van der Waals surface area contributed by atoms with E-state index in [0.29, 0.717) is 0 Å². The Labute approximate surface area is 90.9 Å². The van der Waals surface area contributed by atoms with E-state index in [2.05, 4.69) is 15.9 Å². The second-order valence-corrected chi connectivity index (χ2v) is 3.97. The van der Waals surface area contributed by atoms with Crippen LogP contribution in [-0.2, 0) is 0 Å².